The fourth-order valence-corrected chi connectivity index (χ4v) is 1.25. The molecule has 0 saturated heterocycles. The van der Waals surface area contributed by atoms with Crippen LogP contribution in [0.25, 0.3) is 10.4 Å². The second-order valence-corrected chi connectivity index (χ2v) is 3.06. The number of nitrogens with one attached hydrogen (secondary N) is 1. The van der Waals surface area contributed by atoms with Gasteiger partial charge in [-0.15, -0.1) is 0 Å². The monoisotopic (exact) mass is 256 g/mol. The van der Waals surface area contributed by atoms with Gasteiger partial charge in [-0.2, -0.15) is 5.26 Å². The molecule has 0 saturated carbocycles. The van der Waals surface area contributed by atoms with Gasteiger partial charge in [0.05, 0.1) is 5.69 Å². The molecule has 9 heteroatoms. The number of rotatable bonds is 4. The van der Waals surface area contributed by atoms with Gasteiger partial charge in [-0.3, -0.25) is 0 Å². The lowest BCUT2D eigenvalue weighted by Crippen LogP contribution is -2.15. The van der Waals surface area contributed by atoms with Crippen molar-refractivity contribution in [1.29, 1.82) is 5.26 Å². The molecule has 6 nitrogen and oxygen atoms in total. The molecule has 0 heterocycles. The standard InChI is InChI=1S/C9H7F3N6/c10-5-4(3-14)8(16-2-1-13)7(12)9(6(5)11)17-18-15/h16H,1-2,13H2. The number of benzene rings is 1. The number of halogens is 3. The highest BCUT2D eigenvalue weighted by Gasteiger charge is 2.24. The summed E-state index contributed by atoms with van der Waals surface area (Å²) in [5.74, 6) is -4.63. The predicted octanol–water partition coefficient (Wildman–Crippen LogP) is 2.29. The molecule has 0 radical (unpaired) electrons. The summed E-state index contributed by atoms with van der Waals surface area (Å²) in [7, 11) is 0. The van der Waals surface area contributed by atoms with Crippen LogP contribution in [-0.4, -0.2) is 13.1 Å². The van der Waals surface area contributed by atoms with E-state index >= 15 is 0 Å². The molecule has 0 unspecified atom stereocenters. The third-order valence-electron chi connectivity index (χ3n) is 2.00. The van der Waals surface area contributed by atoms with Gasteiger partial charge >= 0.3 is 0 Å². The third kappa shape index (κ3) is 2.29. The first kappa shape index (κ1) is 13.6. The summed E-state index contributed by atoms with van der Waals surface area (Å²) in [4.78, 5) is 2.19. The predicted molar refractivity (Wildman–Crippen MR) is 57.4 cm³/mol. The van der Waals surface area contributed by atoms with E-state index in [-0.39, 0.29) is 13.1 Å². The first-order valence-electron chi connectivity index (χ1n) is 4.68. The lowest BCUT2D eigenvalue weighted by molar-refractivity contribution is 0.496. The average Bonchev–Trinajstić information content (AvgIpc) is 2.37. The summed E-state index contributed by atoms with van der Waals surface area (Å²) in [6.07, 6.45) is 0. The molecule has 0 aromatic heterocycles. The molecule has 0 aliphatic heterocycles. The summed E-state index contributed by atoms with van der Waals surface area (Å²) < 4.78 is 40.5. The van der Waals surface area contributed by atoms with Crippen molar-refractivity contribution in [1.82, 2.24) is 0 Å². The topological polar surface area (TPSA) is 111 Å². The fourth-order valence-electron chi connectivity index (χ4n) is 1.25. The molecule has 0 fully saturated rings. The average molecular weight is 256 g/mol. The van der Waals surface area contributed by atoms with Gasteiger partial charge < -0.3 is 11.1 Å². The van der Waals surface area contributed by atoms with Gasteiger partial charge in [0.15, 0.2) is 17.5 Å². The quantitative estimate of drug-likeness (QED) is 0.373. The van der Waals surface area contributed by atoms with Crippen molar-refractivity contribution in [2.75, 3.05) is 18.4 Å². The Morgan fingerprint density at radius 3 is 2.50 bits per heavy atom. The summed E-state index contributed by atoms with van der Waals surface area (Å²) in [5.41, 5.74) is 10.8. The highest BCUT2D eigenvalue weighted by Crippen LogP contribution is 2.34. The Bertz CT molecular complexity index is 559. The lowest BCUT2D eigenvalue weighted by atomic mass is 10.1. The van der Waals surface area contributed by atoms with Crippen LogP contribution in [-0.2, 0) is 0 Å². The van der Waals surface area contributed by atoms with Gasteiger partial charge in [-0.05, 0) is 5.53 Å². The van der Waals surface area contributed by atoms with E-state index in [0.717, 1.165) is 0 Å². The Morgan fingerprint density at radius 2 is 2.00 bits per heavy atom. The summed E-state index contributed by atoms with van der Waals surface area (Å²) in [5, 5.41) is 13.7. The van der Waals surface area contributed by atoms with Crippen LogP contribution in [0.15, 0.2) is 5.11 Å². The molecule has 94 valence electrons. The highest BCUT2D eigenvalue weighted by atomic mass is 19.2. The van der Waals surface area contributed by atoms with E-state index < -0.39 is 34.4 Å². The van der Waals surface area contributed by atoms with E-state index in [1.807, 2.05) is 0 Å². The lowest BCUT2D eigenvalue weighted by Gasteiger charge is -2.11. The van der Waals surface area contributed by atoms with E-state index in [4.69, 9.17) is 16.5 Å². The zero-order valence-corrected chi connectivity index (χ0v) is 8.91. The van der Waals surface area contributed by atoms with E-state index in [1.165, 1.54) is 6.07 Å². The minimum Gasteiger partial charge on any atom is -0.380 e. The molecule has 18 heavy (non-hydrogen) atoms. The molecule has 1 aromatic rings. The SMILES string of the molecule is N#Cc1c(F)c(F)c(N=[N+]=[N-])c(F)c1NCCN. The van der Waals surface area contributed by atoms with E-state index in [9.17, 15) is 13.2 Å². The molecule has 1 rings (SSSR count). The molecule has 0 bridgehead atoms. The van der Waals surface area contributed by atoms with E-state index in [1.54, 1.807) is 0 Å². The largest absolute Gasteiger partial charge is 0.380 e. The Labute approximate surface area is 99.4 Å². The molecule has 3 N–H and O–H groups in total. The molecule has 0 amide bonds. The van der Waals surface area contributed by atoms with E-state index in [2.05, 4.69) is 15.3 Å². The van der Waals surface area contributed by atoms with Gasteiger partial charge in [-0.25, -0.2) is 13.2 Å². The maximum Gasteiger partial charge on any atom is 0.179 e. The third-order valence-corrected chi connectivity index (χ3v) is 2.00. The Morgan fingerprint density at radius 1 is 1.33 bits per heavy atom. The molecular weight excluding hydrogens is 249 g/mol. The van der Waals surface area contributed by atoms with Crippen molar-refractivity contribution < 1.29 is 13.2 Å². The molecule has 0 spiro atoms. The molecule has 1 aromatic carbocycles. The van der Waals surface area contributed by atoms with Crippen LogP contribution in [0.4, 0.5) is 24.5 Å². The van der Waals surface area contributed by atoms with Crippen molar-refractivity contribution in [3.05, 3.63) is 33.5 Å². The molecule has 0 atom stereocenters. The van der Waals surface area contributed by atoms with Gasteiger partial charge in [0, 0.05) is 18.0 Å². The van der Waals surface area contributed by atoms with Gasteiger partial charge in [0.25, 0.3) is 0 Å². The zero-order chi connectivity index (χ0) is 13.7. The molecule has 0 aliphatic rings. The minimum atomic E-state index is -1.71. The number of nitriles is 1. The van der Waals surface area contributed by atoms with Crippen molar-refractivity contribution in [2.45, 2.75) is 0 Å². The first-order chi connectivity index (χ1) is 8.58. The number of anilines is 1. The van der Waals surface area contributed by atoms with Crippen molar-refractivity contribution in [2.24, 2.45) is 10.8 Å². The van der Waals surface area contributed by atoms with Gasteiger partial charge in [-0.1, -0.05) is 5.11 Å². The normalized spacial score (nSPS) is 9.50. The second-order valence-electron chi connectivity index (χ2n) is 3.06. The second kappa shape index (κ2) is 5.77. The van der Waals surface area contributed by atoms with Crippen LogP contribution in [0.3, 0.4) is 0 Å². The smallest absolute Gasteiger partial charge is 0.179 e. The Balaban J connectivity index is 3.57. The summed E-state index contributed by atoms with van der Waals surface area (Å²) in [6.45, 7) is 0.118. The maximum absolute atomic E-state index is 13.7. The number of azide groups is 1. The summed E-state index contributed by atoms with van der Waals surface area (Å²) >= 11 is 0. The van der Waals surface area contributed by atoms with Crippen LogP contribution in [0.1, 0.15) is 5.56 Å². The van der Waals surface area contributed by atoms with Crippen LogP contribution in [0, 0.1) is 28.8 Å². The number of nitrogens with zero attached hydrogens (tertiary/aromatic N) is 4. The van der Waals surface area contributed by atoms with Crippen molar-refractivity contribution in [3.8, 4) is 6.07 Å². The molecule has 0 aliphatic carbocycles. The maximum atomic E-state index is 13.7. The number of hydrogen-bond acceptors (Lipinski definition) is 4. The van der Waals surface area contributed by atoms with Crippen LogP contribution in [0.2, 0.25) is 0 Å². The Kier molecular flexibility index (Phi) is 4.37. The zero-order valence-electron chi connectivity index (χ0n) is 8.91. The van der Waals surface area contributed by atoms with Crippen LogP contribution < -0.4 is 11.1 Å². The van der Waals surface area contributed by atoms with Crippen molar-refractivity contribution in [3.63, 3.8) is 0 Å². The van der Waals surface area contributed by atoms with Crippen LogP contribution >= 0.6 is 0 Å². The van der Waals surface area contributed by atoms with Gasteiger partial charge in [0.2, 0.25) is 0 Å². The van der Waals surface area contributed by atoms with Crippen molar-refractivity contribution >= 4 is 11.4 Å². The highest BCUT2D eigenvalue weighted by molar-refractivity contribution is 5.66. The van der Waals surface area contributed by atoms with E-state index in [0.29, 0.717) is 0 Å². The van der Waals surface area contributed by atoms with Crippen LogP contribution in [0.5, 0.6) is 0 Å². The number of hydrogen-bond donors (Lipinski definition) is 2. The fraction of sp³-hybridized carbons (Fsp3) is 0.222. The molecular formula is C9H7F3N6. The minimum absolute atomic E-state index is 0.0341. The first-order valence-corrected chi connectivity index (χ1v) is 4.68. The number of nitrogens with two attached hydrogens (primary N) is 1. The van der Waals surface area contributed by atoms with Gasteiger partial charge in [0.1, 0.15) is 17.3 Å². The summed E-state index contributed by atoms with van der Waals surface area (Å²) in [6, 6.07) is 1.33. The Hall–Kier alpha value is -2.43.